The molecule has 13 nitrogen and oxygen atoms in total. The molecule has 240 valence electrons. The molecule has 1 heterocycles. The number of aliphatic hydroxyl groups is 4. The van der Waals surface area contributed by atoms with Gasteiger partial charge in [0.05, 0.1) is 97.2 Å². The summed E-state index contributed by atoms with van der Waals surface area (Å²) < 4.78 is 26.8. The van der Waals surface area contributed by atoms with Crippen molar-refractivity contribution in [2.24, 2.45) is 10.2 Å². The van der Waals surface area contributed by atoms with Crippen molar-refractivity contribution < 1.29 is 44.1 Å². The zero-order chi connectivity index (χ0) is 30.6. The van der Waals surface area contributed by atoms with Crippen molar-refractivity contribution in [2.75, 3.05) is 104 Å². The summed E-state index contributed by atoms with van der Waals surface area (Å²) >= 11 is 1.58. The third kappa shape index (κ3) is 14.1. The van der Waals surface area contributed by atoms with Gasteiger partial charge in [-0.2, -0.15) is 5.11 Å². The van der Waals surface area contributed by atoms with E-state index in [1.807, 2.05) is 60.5 Å². The lowest BCUT2D eigenvalue weighted by Crippen LogP contribution is -2.41. The Labute approximate surface area is 253 Å². The van der Waals surface area contributed by atoms with E-state index in [9.17, 15) is 10.2 Å². The monoisotopic (exact) mass is 616 g/mol. The molecule has 1 aromatic rings. The average molecular weight is 617 g/mol. The van der Waals surface area contributed by atoms with Crippen molar-refractivity contribution in [1.82, 2.24) is 4.90 Å². The van der Waals surface area contributed by atoms with Crippen molar-refractivity contribution >= 4 is 23.1 Å². The molecule has 2 rings (SSSR count). The maximum Gasteiger partial charge on any atom is 0.200 e. The zero-order valence-electron chi connectivity index (χ0n) is 25.0. The first-order valence-electron chi connectivity index (χ1n) is 14.1. The third-order valence-corrected chi connectivity index (χ3v) is 7.26. The molecule has 0 saturated carbocycles. The molecule has 3 unspecified atom stereocenters. The molecule has 3 atom stereocenters. The summed E-state index contributed by atoms with van der Waals surface area (Å²) in [5.74, 6) is 0. The van der Waals surface area contributed by atoms with Gasteiger partial charge < -0.3 is 53.9 Å². The van der Waals surface area contributed by atoms with E-state index in [1.54, 1.807) is 11.8 Å². The van der Waals surface area contributed by atoms with Crippen LogP contribution in [0.4, 0.5) is 11.4 Å². The number of azo groups is 1. The summed E-state index contributed by atoms with van der Waals surface area (Å²) in [6, 6.07) is 5.73. The summed E-state index contributed by atoms with van der Waals surface area (Å²) in [5.41, 5.74) is 2.45. The molecule has 0 radical (unpaired) electrons. The molecule has 1 aliphatic rings. The lowest BCUT2D eigenvalue weighted by atomic mass is 10.1. The molecule has 0 aromatic heterocycles. The molecular formula is C28H48N4O9S. The number of nitrogens with zero attached hydrogens (tertiary/aromatic N) is 4. The van der Waals surface area contributed by atoms with Gasteiger partial charge in [-0.3, -0.25) is 0 Å². The lowest BCUT2D eigenvalue weighted by molar-refractivity contribution is -0.0127. The average Bonchev–Trinajstić information content (AvgIpc) is 3.30. The van der Waals surface area contributed by atoms with Gasteiger partial charge in [-0.15, -0.1) is 5.11 Å². The zero-order valence-corrected chi connectivity index (χ0v) is 25.8. The first-order valence-corrected chi connectivity index (χ1v) is 15.0. The highest BCUT2D eigenvalue weighted by Gasteiger charge is 2.31. The van der Waals surface area contributed by atoms with Crippen LogP contribution in [0.15, 0.2) is 40.0 Å². The summed E-state index contributed by atoms with van der Waals surface area (Å²) in [7, 11) is 1.96. The molecular weight excluding hydrogens is 568 g/mol. The van der Waals surface area contributed by atoms with E-state index in [0.29, 0.717) is 39.6 Å². The van der Waals surface area contributed by atoms with E-state index >= 15 is 0 Å². The fourth-order valence-corrected chi connectivity index (χ4v) is 4.60. The number of hydrogen-bond acceptors (Lipinski definition) is 14. The van der Waals surface area contributed by atoms with Crippen molar-refractivity contribution in [3.63, 3.8) is 0 Å². The number of hydrogen-bond donors (Lipinski definition) is 4. The normalized spacial score (nSPS) is 18.3. The van der Waals surface area contributed by atoms with Crippen LogP contribution in [0.3, 0.4) is 0 Å². The number of ether oxygens (including phenoxy) is 5. The lowest BCUT2D eigenvalue weighted by Gasteiger charge is -2.30. The Morgan fingerprint density at radius 2 is 1.38 bits per heavy atom. The Balaban J connectivity index is 1.94. The van der Waals surface area contributed by atoms with E-state index < -0.39 is 17.2 Å². The molecule has 4 N–H and O–H groups in total. The largest absolute Gasteiger partial charge is 0.394 e. The van der Waals surface area contributed by atoms with Crippen LogP contribution in [-0.4, -0.2) is 142 Å². The van der Waals surface area contributed by atoms with Gasteiger partial charge in [0.15, 0.2) is 0 Å². The molecule has 0 aliphatic carbocycles. The minimum atomic E-state index is -0.820. The summed E-state index contributed by atoms with van der Waals surface area (Å²) in [5, 5.41) is 49.9. The smallest absolute Gasteiger partial charge is 0.200 e. The predicted molar refractivity (Wildman–Crippen MR) is 161 cm³/mol. The van der Waals surface area contributed by atoms with Crippen LogP contribution in [0.2, 0.25) is 0 Å². The van der Waals surface area contributed by atoms with Crippen LogP contribution in [0.25, 0.3) is 0 Å². The number of thioether (sulfide) groups is 1. The number of aliphatic hydroxyl groups excluding tert-OH is 4. The van der Waals surface area contributed by atoms with Gasteiger partial charge in [0, 0.05) is 32.0 Å². The second kappa shape index (κ2) is 21.0. The highest BCUT2D eigenvalue weighted by Crippen LogP contribution is 2.38. The number of anilines is 1. The quantitative estimate of drug-likeness (QED) is 0.0981. The highest BCUT2D eigenvalue weighted by molar-refractivity contribution is 8.03. The van der Waals surface area contributed by atoms with E-state index in [2.05, 4.69) is 10.2 Å². The Morgan fingerprint density at radius 3 is 1.86 bits per heavy atom. The molecule has 0 amide bonds. The predicted octanol–water partition coefficient (Wildman–Crippen LogP) is 1.50. The van der Waals surface area contributed by atoms with Gasteiger partial charge in [-0.05, 0) is 43.0 Å². The van der Waals surface area contributed by atoms with E-state index in [0.717, 1.165) is 16.9 Å². The Bertz CT molecular complexity index is 929. The standard InChI is InChI=1S/C28H48N4O9S/c1-23-18-24(4-5-27(23)29-30-28(2)31(3)6-17-42-28)32(19-25(35)21-40-15-13-38-10-8-34)20-26(36)22-41-16-14-39-12-11-37-9-7-33/h4-6,17-18,25-26,33-36H,7-16,19-22H2,1-3H3. The second-order valence-electron chi connectivity index (χ2n) is 9.77. The summed E-state index contributed by atoms with van der Waals surface area (Å²) in [6.07, 6.45) is 0.326. The van der Waals surface area contributed by atoms with Crippen LogP contribution >= 0.6 is 11.8 Å². The first-order chi connectivity index (χ1) is 20.3. The van der Waals surface area contributed by atoms with Gasteiger partial charge in [-0.25, -0.2) is 0 Å². The molecule has 0 bridgehead atoms. The molecule has 42 heavy (non-hydrogen) atoms. The maximum atomic E-state index is 10.7. The Kier molecular flexibility index (Phi) is 18.1. The van der Waals surface area contributed by atoms with Gasteiger partial charge >= 0.3 is 0 Å². The van der Waals surface area contributed by atoms with Crippen molar-refractivity contribution in [1.29, 1.82) is 0 Å². The van der Waals surface area contributed by atoms with Crippen molar-refractivity contribution in [2.45, 2.75) is 31.1 Å². The number of aryl methyl sites for hydroxylation is 1. The van der Waals surface area contributed by atoms with E-state index in [1.165, 1.54) is 0 Å². The molecule has 0 spiro atoms. The van der Waals surface area contributed by atoms with Crippen LogP contribution in [0.5, 0.6) is 0 Å². The maximum absolute atomic E-state index is 10.7. The van der Waals surface area contributed by atoms with E-state index in [4.69, 9.17) is 33.9 Å². The van der Waals surface area contributed by atoms with Crippen molar-refractivity contribution in [3.05, 3.63) is 35.4 Å². The van der Waals surface area contributed by atoms with Crippen molar-refractivity contribution in [3.8, 4) is 0 Å². The third-order valence-electron chi connectivity index (χ3n) is 6.19. The van der Waals surface area contributed by atoms with Gasteiger partial charge in [0.2, 0.25) is 4.99 Å². The summed E-state index contributed by atoms with van der Waals surface area (Å²) in [6.45, 7) is 7.10. The molecule has 0 fully saturated rings. The van der Waals surface area contributed by atoms with Gasteiger partial charge in [-0.1, -0.05) is 11.8 Å². The highest BCUT2D eigenvalue weighted by atomic mass is 32.2. The van der Waals surface area contributed by atoms with Crippen LogP contribution < -0.4 is 4.90 Å². The molecule has 1 aromatic carbocycles. The summed E-state index contributed by atoms with van der Waals surface area (Å²) in [4.78, 5) is 3.39. The Morgan fingerprint density at radius 1 is 0.857 bits per heavy atom. The van der Waals surface area contributed by atoms with Crippen LogP contribution in [-0.2, 0) is 23.7 Å². The van der Waals surface area contributed by atoms with Gasteiger partial charge in [0.25, 0.3) is 0 Å². The SMILES string of the molecule is Cc1cc(N(CC(O)COCCOCCO)CC(O)COCCOCCOCCO)ccc1N=NC1(C)SC=CN1C. The minimum Gasteiger partial charge on any atom is -0.394 e. The second-order valence-corrected chi connectivity index (χ2v) is 11.0. The molecule has 1 aliphatic heterocycles. The molecule has 14 heteroatoms. The first kappa shape index (κ1) is 36.3. The fourth-order valence-electron chi connectivity index (χ4n) is 3.79. The fraction of sp³-hybridized carbons (Fsp3) is 0.714. The topological polar surface area (TPSA) is 158 Å². The molecule has 0 saturated heterocycles. The number of rotatable bonds is 24. The number of benzene rings is 1. The van der Waals surface area contributed by atoms with Crippen LogP contribution in [0.1, 0.15) is 12.5 Å². The Hall–Kier alpha value is -1.85. The van der Waals surface area contributed by atoms with Gasteiger partial charge in [0.1, 0.15) is 0 Å². The van der Waals surface area contributed by atoms with Crippen LogP contribution in [0, 0.1) is 6.92 Å². The minimum absolute atomic E-state index is 0.0221. The van der Waals surface area contributed by atoms with E-state index in [-0.39, 0.29) is 52.7 Å².